The van der Waals surface area contributed by atoms with Gasteiger partial charge in [0.25, 0.3) is 0 Å². The van der Waals surface area contributed by atoms with Crippen LogP contribution in [0, 0.1) is 7.43 Å². The van der Waals surface area contributed by atoms with Crippen molar-refractivity contribution < 1.29 is 55.8 Å². The largest absolute Gasteiger partial charge is 1.00 e. The summed E-state index contributed by atoms with van der Waals surface area (Å²) in [4.78, 5) is 2.10. The number of likely N-dealkylation sites (tertiary alicyclic amines) is 1. The fraction of sp³-hybridized carbons (Fsp3) is 0.875. The van der Waals surface area contributed by atoms with E-state index >= 15 is 0 Å². The van der Waals surface area contributed by atoms with E-state index < -0.39 is 6.17 Å². The molecule has 1 nitrogen and oxygen atoms in total. The van der Waals surface area contributed by atoms with Crippen LogP contribution in [0.4, 0.5) is 4.39 Å². The van der Waals surface area contributed by atoms with Crippen molar-refractivity contribution in [2.75, 3.05) is 13.6 Å². The van der Waals surface area contributed by atoms with E-state index in [0.29, 0.717) is 12.6 Å². The van der Waals surface area contributed by atoms with Crippen molar-refractivity contribution in [3.05, 3.63) is 7.43 Å². The molecule has 0 aliphatic carbocycles. The molecule has 1 fully saturated rings. The third kappa shape index (κ3) is 4.34. The van der Waals surface area contributed by atoms with Crippen LogP contribution in [0.25, 0.3) is 0 Å². The van der Waals surface area contributed by atoms with Crippen LogP contribution in [0.2, 0.25) is 0 Å². The molecule has 0 saturated carbocycles. The fourth-order valence-corrected chi connectivity index (χ4v) is 1.49. The summed E-state index contributed by atoms with van der Waals surface area (Å²) >= 11 is 0. The second-order valence-corrected chi connectivity index (χ2v) is 2.83. The van der Waals surface area contributed by atoms with Crippen LogP contribution < -0.4 is 51.4 Å². The third-order valence-corrected chi connectivity index (χ3v) is 2.11. The van der Waals surface area contributed by atoms with Crippen molar-refractivity contribution in [3.63, 3.8) is 0 Å². The molecule has 62 valence electrons. The van der Waals surface area contributed by atoms with E-state index in [-0.39, 0.29) is 58.8 Å². The second-order valence-electron chi connectivity index (χ2n) is 2.83. The molecule has 0 aromatic carbocycles. The Kier molecular flexibility index (Phi) is 9.53. The van der Waals surface area contributed by atoms with E-state index in [9.17, 15) is 4.39 Å². The number of hydrogen-bond donors (Lipinski definition) is 0. The number of rotatable bonds is 1. The summed E-state index contributed by atoms with van der Waals surface area (Å²) in [6.45, 7) is 2.75. The molecule has 2 atom stereocenters. The minimum atomic E-state index is -0.569. The monoisotopic (exact) mass is 185 g/mol. The Morgan fingerprint density at radius 3 is 2.27 bits per heavy atom. The van der Waals surface area contributed by atoms with Crippen molar-refractivity contribution in [1.82, 2.24) is 4.90 Å². The Labute approximate surface area is 112 Å². The quantitative estimate of drug-likeness (QED) is 0.370. The predicted molar refractivity (Wildman–Crippen MR) is 42.6 cm³/mol. The molecule has 0 bridgehead atoms. The van der Waals surface area contributed by atoms with E-state index in [0.717, 1.165) is 12.8 Å². The van der Waals surface area contributed by atoms with E-state index in [4.69, 9.17) is 0 Å². The molecule has 3 heteroatoms. The first kappa shape index (κ1) is 15.0. The van der Waals surface area contributed by atoms with E-state index in [1.165, 1.54) is 0 Å². The molecule has 0 spiro atoms. The van der Waals surface area contributed by atoms with Gasteiger partial charge in [-0.1, -0.05) is 6.92 Å². The van der Waals surface area contributed by atoms with Gasteiger partial charge in [-0.25, -0.2) is 4.39 Å². The maximum absolute atomic E-state index is 12.6. The van der Waals surface area contributed by atoms with Crippen LogP contribution in [0.3, 0.4) is 0 Å². The van der Waals surface area contributed by atoms with Crippen molar-refractivity contribution in [3.8, 4) is 0 Å². The number of hydrogen-bond acceptors (Lipinski definition) is 1. The van der Waals surface area contributed by atoms with Crippen LogP contribution in [0.1, 0.15) is 19.8 Å². The van der Waals surface area contributed by atoms with Gasteiger partial charge in [0.2, 0.25) is 0 Å². The van der Waals surface area contributed by atoms with Crippen LogP contribution in [-0.2, 0) is 0 Å². The van der Waals surface area contributed by atoms with Crippen molar-refractivity contribution >= 4 is 0 Å². The topological polar surface area (TPSA) is 3.24 Å². The van der Waals surface area contributed by atoms with Gasteiger partial charge in [-0.15, -0.1) is 0 Å². The van der Waals surface area contributed by atoms with Gasteiger partial charge in [0, 0.05) is 12.6 Å². The Morgan fingerprint density at radius 2 is 2.09 bits per heavy atom. The summed E-state index contributed by atoms with van der Waals surface area (Å²) in [5.41, 5.74) is 0. The predicted octanol–water partition coefficient (Wildman–Crippen LogP) is -1.11. The van der Waals surface area contributed by atoms with Crippen LogP contribution in [-0.4, -0.2) is 30.7 Å². The molecule has 0 aromatic heterocycles. The molecule has 2 unspecified atom stereocenters. The molecule has 0 N–H and O–H groups in total. The smallest absolute Gasteiger partial charge is 0.358 e. The number of halogens is 1. The summed E-state index contributed by atoms with van der Waals surface area (Å²) in [5, 5.41) is 0. The average Bonchev–Trinajstić information content (AvgIpc) is 2.10. The Bertz CT molecular complexity index is 100. The molecule has 1 aliphatic heterocycles. The molecule has 1 saturated heterocycles. The van der Waals surface area contributed by atoms with Gasteiger partial charge in [-0.2, -0.15) is 0 Å². The Morgan fingerprint density at radius 1 is 1.55 bits per heavy atom. The summed E-state index contributed by atoms with van der Waals surface area (Å²) in [6, 6.07) is 0.500. The molecule has 1 rings (SSSR count). The minimum Gasteiger partial charge on any atom is -0.358 e. The molecule has 1 heterocycles. The maximum atomic E-state index is 12.6. The van der Waals surface area contributed by atoms with E-state index in [1.807, 2.05) is 7.05 Å². The van der Waals surface area contributed by atoms with Gasteiger partial charge in [-0.05, 0) is 19.9 Å². The normalized spacial score (nSPS) is 30.8. The summed E-state index contributed by atoms with van der Waals surface area (Å²) in [6.07, 6.45) is 1.25. The number of alkyl halides is 1. The van der Waals surface area contributed by atoms with Crippen LogP contribution in [0.5, 0.6) is 0 Å². The molecular weight excluding hydrogens is 168 g/mol. The van der Waals surface area contributed by atoms with E-state index in [2.05, 4.69) is 11.8 Å². The second kappa shape index (κ2) is 6.98. The van der Waals surface area contributed by atoms with Crippen molar-refractivity contribution in [1.29, 1.82) is 0 Å². The summed E-state index contributed by atoms with van der Waals surface area (Å²) in [7, 11) is 1.99. The molecule has 1 aliphatic rings. The zero-order chi connectivity index (χ0) is 6.85. The van der Waals surface area contributed by atoms with Gasteiger partial charge in [-0.3, -0.25) is 0 Å². The maximum Gasteiger partial charge on any atom is 1.00 e. The SMILES string of the molecule is CCC1CC(F)CN1C.[CH3-].[K+]. The van der Waals surface area contributed by atoms with Gasteiger partial charge in [0.1, 0.15) is 6.17 Å². The molecule has 11 heavy (non-hydrogen) atoms. The zero-order valence-corrected chi connectivity index (χ0v) is 11.2. The van der Waals surface area contributed by atoms with E-state index in [1.54, 1.807) is 0 Å². The van der Waals surface area contributed by atoms with Crippen molar-refractivity contribution in [2.45, 2.75) is 32.0 Å². The van der Waals surface area contributed by atoms with Crippen LogP contribution >= 0.6 is 0 Å². The molecule has 0 aromatic rings. The zero-order valence-electron chi connectivity index (χ0n) is 8.10. The van der Waals surface area contributed by atoms with Gasteiger partial charge >= 0.3 is 51.4 Å². The van der Waals surface area contributed by atoms with Crippen molar-refractivity contribution in [2.24, 2.45) is 0 Å². The summed E-state index contributed by atoms with van der Waals surface area (Å²) in [5.74, 6) is 0. The van der Waals surface area contributed by atoms with Gasteiger partial charge in [0.05, 0.1) is 0 Å². The standard InChI is InChI=1S/C7H14FN.CH3.K/c1-3-7-4-6(8)5-9(7)2;;/h6-7H,3-5H2,1-2H3;1H3;/q;-1;+1. The fourth-order valence-electron chi connectivity index (χ4n) is 1.49. The first-order chi connectivity index (χ1) is 4.24. The average molecular weight is 185 g/mol. The van der Waals surface area contributed by atoms with Crippen LogP contribution in [0.15, 0.2) is 0 Å². The molecular formula is C8H17FKN. The Balaban J connectivity index is 0. The Hall–Kier alpha value is 1.53. The molecule has 0 amide bonds. The van der Waals surface area contributed by atoms with Gasteiger partial charge < -0.3 is 12.3 Å². The number of nitrogens with zero attached hydrogens (tertiary/aromatic N) is 1. The third-order valence-electron chi connectivity index (χ3n) is 2.11. The summed E-state index contributed by atoms with van der Waals surface area (Å²) < 4.78 is 12.6. The molecule has 0 radical (unpaired) electrons. The minimum absolute atomic E-state index is 0. The van der Waals surface area contributed by atoms with Gasteiger partial charge in [0.15, 0.2) is 0 Å². The first-order valence-electron chi connectivity index (χ1n) is 3.58. The first-order valence-corrected chi connectivity index (χ1v) is 3.58.